The van der Waals surface area contributed by atoms with Gasteiger partial charge >= 0.3 is 6.18 Å². The Morgan fingerprint density at radius 2 is 1.90 bits per heavy atom. The number of aryl methyl sites for hydroxylation is 1. The van der Waals surface area contributed by atoms with E-state index in [9.17, 15) is 13.2 Å². The van der Waals surface area contributed by atoms with E-state index in [2.05, 4.69) is 20.6 Å². The molecule has 0 spiro atoms. The SMILES string of the molecule is CCNC(=NCc1cccc(C(F)(F)F)c1)NCc1cn2c(C)cccc2n1.I. The lowest BCUT2D eigenvalue weighted by Gasteiger charge is -2.11. The molecule has 2 N–H and O–H groups in total. The number of hydrogen-bond acceptors (Lipinski definition) is 2. The summed E-state index contributed by atoms with van der Waals surface area (Å²) in [7, 11) is 0. The second-order valence-electron chi connectivity index (χ2n) is 6.37. The third-order valence-corrected chi connectivity index (χ3v) is 4.20. The minimum absolute atomic E-state index is 0. The smallest absolute Gasteiger partial charge is 0.357 e. The number of benzene rings is 1. The molecule has 0 saturated heterocycles. The van der Waals surface area contributed by atoms with E-state index in [0.717, 1.165) is 29.2 Å². The molecular weight excluding hydrogens is 494 g/mol. The van der Waals surface area contributed by atoms with Crippen molar-refractivity contribution in [2.45, 2.75) is 33.1 Å². The highest BCUT2D eigenvalue weighted by atomic mass is 127. The number of rotatable bonds is 5. The van der Waals surface area contributed by atoms with Crippen LogP contribution in [0.1, 0.15) is 29.4 Å². The summed E-state index contributed by atoms with van der Waals surface area (Å²) < 4.78 is 40.5. The molecule has 0 saturated carbocycles. The van der Waals surface area contributed by atoms with Gasteiger partial charge in [0, 0.05) is 18.4 Å². The molecule has 29 heavy (non-hydrogen) atoms. The molecule has 156 valence electrons. The van der Waals surface area contributed by atoms with Crippen molar-refractivity contribution in [2.24, 2.45) is 4.99 Å². The van der Waals surface area contributed by atoms with Crippen LogP contribution in [0.4, 0.5) is 13.2 Å². The number of alkyl halides is 3. The van der Waals surface area contributed by atoms with Gasteiger partial charge in [-0.2, -0.15) is 13.2 Å². The first-order chi connectivity index (χ1) is 13.4. The Morgan fingerprint density at radius 1 is 1.14 bits per heavy atom. The number of imidazole rings is 1. The molecule has 0 unspecified atom stereocenters. The van der Waals surface area contributed by atoms with Crippen molar-refractivity contribution in [3.8, 4) is 0 Å². The molecule has 2 aromatic heterocycles. The average molecular weight is 517 g/mol. The first-order valence-corrected chi connectivity index (χ1v) is 8.98. The Bertz CT molecular complexity index is 982. The van der Waals surface area contributed by atoms with Crippen molar-refractivity contribution >= 4 is 35.6 Å². The molecule has 0 bridgehead atoms. The highest BCUT2D eigenvalue weighted by Gasteiger charge is 2.30. The molecule has 0 aliphatic carbocycles. The summed E-state index contributed by atoms with van der Waals surface area (Å²) >= 11 is 0. The van der Waals surface area contributed by atoms with Crippen LogP contribution in [0.5, 0.6) is 0 Å². The van der Waals surface area contributed by atoms with Crippen LogP contribution >= 0.6 is 24.0 Å². The molecular formula is C20H23F3IN5. The van der Waals surface area contributed by atoms with E-state index >= 15 is 0 Å². The number of nitrogens with zero attached hydrogens (tertiary/aromatic N) is 3. The van der Waals surface area contributed by atoms with Gasteiger partial charge in [-0.3, -0.25) is 0 Å². The van der Waals surface area contributed by atoms with E-state index in [1.807, 2.05) is 42.6 Å². The van der Waals surface area contributed by atoms with Gasteiger partial charge < -0.3 is 15.0 Å². The summed E-state index contributed by atoms with van der Waals surface area (Å²) in [5.41, 5.74) is 2.62. The highest BCUT2D eigenvalue weighted by Crippen LogP contribution is 2.29. The third-order valence-electron chi connectivity index (χ3n) is 4.20. The molecule has 0 amide bonds. The fourth-order valence-corrected chi connectivity index (χ4v) is 2.82. The number of hydrogen-bond donors (Lipinski definition) is 2. The van der Waals surface area contributed by atoms with E-state index < -0.39 is 11.7 Å². The Hall–Kier alpha value is -2.30. The summed E-state index contributed by atoms with van der Waals surface area (Å²) in [4.78, 5) is 8.94. The number of aliphatic imine (C=N–C) groups is 1. The largest absolute Gasteiger partial charge is 0.416 e. The zero-order chi connectivity index (χ0) is 20.1. The fraction of sp³-hybridized carbons (Fsp3) is 0.300. The predicted molar refractivity (Wildman–Crippen MR) is 118 cm³/mol. The Kier molecular flexibility index (Phi) is 7.88. The zero-order valence-corrected chi connectivity index (χ0v) is 18.5. The van der Waals surface area contributed by atoms with E-state index in [1.54, 1.807) is 6.07 Å². The van der Waals surface area contributed by atoms with Crippen molar-refractivity contribution in [1.29, 1.82) is 0 Å². The summed E-state index contributed by atoms with van der Waals surface area (Å²) in [6.45, 7) is 5.17. The maximum atomic E-state index is 12.8. The Labute approximate surface area is 184 Å². The van der Waals surface area contributed by atoms with Gasteiger partial charge in [-0.25, -0.2) is 9.98 Å². The first-order valence-electron chi connectivity index (χ1n) is 8.98. The monoisotopic (exact) mass is 517 g/mol. The molecule has 0 aliphatic heterocycles. The van der Waals surface area contributed by atoms with E-state index in [0.29, 0.717) is 24.6 Å². The van der Waals surface area contributed by atoms with Gasteiger partial charge in [0.05, 0.1) is 24.3 Å². The molecule has 0 fully saturated rings. The van der Waals surface area contributed by atoms with Gasteiger partial charge in [-0.05, 0) is 43.7 Å². The standard InChI is InChI=1S/C20H22F3N5.HI/c1-3-24-19(25-11-15-7-5-8-16(10-15)20(21,22)23)26-12-17-13-28-14(2)6-4-9-18(28)27-17;/h4-10,13H,3,11-12H2,1-2H3,(H2,24,25,26);1H. The molecule has 3 rings (SSSR count). The zero-order valence-electron chi connectivity index (χ0n) is 16.1. The van der Waals surface area contributed by atoms with Crippen molar-refractivity contribution < 1.29 is 13.2 Å². The Balaban J connectivity index is 0.00000300. The average Bonchev–Trinajstić information content (AvgIpc) is 3.08. The molecule has 9 heteroatoms. The second-order valence-corrected chi connectivity index (χ2v) is 6.37. The normalized spacial score (nSPS) is 12.0. The van der Waals surface area contributed by atoms with E-state index in [4.69, 9.17) is 0 Å². The van der Waals surface area contributed by atoms with Gasteiger partial charge in [0.25, 0.3) is 0 Å². The molecule has 1 aromatic carbocycles. The molecule has 0 radical (unpaired) electrons. The minimum Gasteiger partial charge on any atom is -0.357 e. The van der Waals surface area contributed by atoms with Crippen LogP contribution in [0.3, 0.4) is 0 Å². The van der Waals surface area contributed by atoms with Gasteiger partial charge in [0.2, 0.25) is 0 Å². The maximum Gasteiger partial charge on any atom is 0.416 e. The van der Waals surface area contributed by atoms with Gasteiger partial charge in [0.15, 0.2) is 5.96 Å². The topological polar surface area (TPSA) is 53.7 Å². The van der Waals surface area contributed by atoms with Crippen LogP contribution in [0, 0.1) is 6.92 Å². The number of pyridine rings is 1. The summed E-state index contributed by atoms with van der Waals surface area (Å²) in [5, 5.41) is 6.27. The van der Waals surface area contributed by atoms with Crippen molar-refractivity contribution in [3.63, 3.8) is 0 Å². The fourth-order valence-electron chi connectivity index (χ4n) is 2.82. The van der Waals surface area contributed by atoms with E-state index in [1.165, 1.54) is 6.07 Å². The minimum atomic E-state index is -4.36. The number of aromatic nitrogens is 2. The quantitative estimate of drug-likeness (QED) is 0.297. The van der Waals surface area contributed by atoms with Gasteiger partial charge in [-0.1, -0.05) is 18.2 Å². The van der Waals surface area contributed by atoms with Crippen LogP contribution in [0.25, 0.3) is 5.65 Å². The van der Waals surface area contributed by atoms with Gasteiger partial charge in [0.1, 0.15) is 5.65 Å². The number of fused-ring (bicyclic) bond motifs is 1. The second kappa shape index (κ2) is 9.95. The van der Waals surface area contributed by atoms with Gasteiger partial charge in [-0.15, -0.1) is 24.0 Å². The molecule has 0 atom stereocenters. The molecule has 2 heterocycles. The maximum absolute atomic E-state index is 12.8. The van der Waals surface area contributed by atoms with Crippen LogP contribution in [-0.2, 0) is 19.3 Å². The summed E-state index contributed by atoms with van der Waals surface area (Å²) in [6.07, 6.45) is -2.40. The Morgan fingerprint density at radius 3 is 2.59 bits per heavy atom. The van der Waals surface area contributed by atoms with Crippen molar-refractivity contribution in [3.05, 3.63) is 71.2 Å². The summed E-state index contributed by atoms with van der Waals surface area (Å²) in [6, 6.07) is 11.1. The number of nitrogens with one attached hydrogen (secondary N) is 2. The number of guanidine groups is 1. The molecule has 3 aromatic rings. The van der Waals surface area contributed by atoms with Crippen molar-refractivity contribution in [1.82, 2.24) is 20.0 Å². The van der Waals surface area contributed by atoms with Crippen LogP contribution in [0.2, 0.25) is 0 Å². The van der Waals surface area contributed by atoms with Crippen LogP contribution in [-0.4, -0.2) is 21.9 Å². The summed E-state index contributed by atoms with van der Waals surface area (Å²) in [5.74, 6) is 0.522. The third kappa shape index (κ3) is 6.09. The lowest BCUT2D eigenvalue weighted by atomic mass is 10.1. The van der Waals surface area contributed by atoms with Crippen molar-refractivity contribution in [2.75, 3.05) is 6.54 Å². The lowest BCUT2D eigenvalue weighted by molar-refractivity contribution is -0.137. The van der Waals surface area contributed by atoms with Crippen LogP contribution in [0.15, 0.2) is 53.7 Å². The molecule has 5 nitrogen and oxygen atoms in total. The first kappa shape index (κ1) is 23.0. The molecule has 0 aliphatic rings. The highest BCUT2D eigenvalue weighted by molar-refractivity contribution is 14.0. The van der Waals surface area contributed by atoms with Crippen LogP contribution < -0.4 is 10.6 Å². The predicted octanol–water partition coefficient (Wildman–Crippen LogP) is 4.53. The van der Waals surface area contributed by atoms with E-state index in [-0.39, 0.29) is 30.5 Å². The number of halogens is 4. The lowest BCUT2D eigenvalue weighted by Crippen LogP contribution is -2.36.